The highest BCUT2D eigenvalue weighted by Crippen LogP contribution is 2.33. The summed E-state index contributed by atoms with van der Waals surface area (Å²) >= 11 is 7.59. The van der Waals surface area contributed by atoms with E-state index in [1.807, 2.05) is 5.38 Å². The van der Waals surface area contributed by atoms with Crippen LogP contribution in [0.5, 0.6) is 0 Å². The van der Waals surface area contributed by atoms with Gasteiger partial charge in [-0.1, -0.05) is 17.7 Å². The van der Waals surface area contributed by atoms with Gasteiger partial charge in [0.05, 0.1) is 21.3 Å². The van der Waals surface area contributed by atoms with Gasteiger partial charge >= 0.3 is 0 Å². The molecule has 1 amide bonds. The lowest BCUT2D eigenvalue weighted by Gasteiger charge is -2.29. The van der Waals surface area contributed by atoms with Crippen LogP contribution in [0.1, 0.15) is 22.5 Å². The number of anilines is 2. The fraction of sp³-hybridized carbons (Fsp3) is 0.267. The van der Waals surface area contributed by atoms with E-state index >= 15 is 0 Å². The highest BCUT2D eigenvalue weighted by molar-refractivity contribution is 7.92. The topological polar surface area (TPSA) is 66.5 Å². The molecule has 0 spiro atoms. The number of sulfonamides is 1. The van der Waals surface area contributed by atoms with E-state index in [-0.39, 0.29) is 11.7 Å². The zero-order valence-corrected chi connectivity index (χ0v) is 14.5. The summed E-state index contributed by atoms with van der Waals surface area (Å²) in [4.78, 5) is 12.6. The fourth-order valence-electron chi connectivity index (χ4n) is 2.45. The number of hydrogen-bond acceptors (Lipinski definition) is 4. The van der Waals surface area contributed by atoms with Gasteiger partial charge in [0.25, 0.3) is 5.91 Å². The van der Waals surface area contributed by atoms with Gasteiger partial charge in [-0.15, -0.1) is 11.3 Å². The molecule has 8 heteroatoms. The molecule has 0 unspecified atom stereocenters. The third-order valence-corrected chi connectivity index (χ3v) is 6.60. The Labute approximate surface area is 143 Å². The van der Waals surface area contributed by atoms with Crippen molar-refractivity contribution >= 4 is 50.2 Å². The van der Waals surface area contributed by atoms with Crippen LogP contribution in [0.3, 0.4) is 0 Å². The third kappa shape index (κ3) is 3.52. The number of halogens is 1. The number of nitrogens with zero attached hydrogens (tertiary/aromatic N) is 1. The summed E-state index contributed by atoms with van der Waals surface area (Å²) in [5.41, 5.74) is 0.993. The van der Waals surface area contributed by atoms with E-state index in [1.165, 1.54) is 15.6 Å². The highest BCUT2D eigenvalue weighted by atomic mass is 35.5. The minimum atomic E-state index is -3.31. The first kappa shape index (κ1) is 16.3. The van der Waals surface area contributed by atoms with Crippen molar-refractivity contribution in [2.24, 2.45) is 0 Å². The van der Waals surface area contributed by atoms with Crippen molar-refractivity contribution in [2.45, 2.75) is 12.8 Å². The van der Waals surface area contributed by atoms with Crippen LogP contribution in [0.25, 0.3) is 0 Å². The Hall–Kier alpha value is -1.57. The molecule has 1 fully saturated rings. The van der Waals surface area contributed by atoms with E-state index < -0.39 is 10.0 Å². The molecule has 23 heavy (non-hydrogen) atoms. The van der Waals surface area contributed by atoms with Crippen molar-refractivity contribution in [1.82, 2.24) is 0 Å². The number of carbonyl (C=O) groups is 1. The number of hydrogen-bond donors (Lipinski definition) is 1. The summed E-state index contributed by atoms with van der Waals surface area (Å²) in [5, 5.41) is 4.89. The second-order valence-electron chi connectivity index (χ2n) is 5.19. The molecule has 1 aliphatic heterocycles. The van der Waals surface area contributed by atoms with Gasteiger partial charge in [-0.05, 0) is 42.5 Å². The molecule has 0 bridgehead atoms. The predicted octanol–water partition coefficient (Wildman–Crippen LogP) is 3.58. The average Bonchev–Trinajstić information content (AvgIpc) is 3.02. The van der Waals surface area contributed by atoms with Crippen LogP contribution in [0.4, 0.5) is 11.4 Å². The van der Waals surface area contributed by atoms with Crippen LogP contribution < -0.4 is 9.62 Å². The molecule has 1 aliphatic rings. The van der Waals surface area contributed by atoms with Gasteiger partial charge in [0.2, 0.25) is 10.0 Å². The maximum atomic E-state index is 12.2. The molecule has 1 N–H and O–H groups in total. The minimum Gasteiger partial charge on any atom is -0.321 e. The summed E-state index contributed by atoms with van der Waals surface area (Å²) in [6, 6.07) is 8.41. The Kier molecular flexibility index (Phi) is 4.61. The first-order valence-electron chi connectivity index (χ1n) is 7.12. The third-order valence-electron chi connectivity index (χ3n) is 3.57. The van der Waals surface area contributed by atoms with E-state index in [0.29, 0.717) is 34.2 Å². The Morgan fingerprint density at radius 2 is 2.09 bits per heavy atom. The summed E-state index contributed by atoms with van der Waals surface area (Å²) in [6.07, 6.45) is 1.48. The number of amides is 1. The zero-order valence-electron chi connectivity index (χ0n) is 12.2. The van der Waals surface area contributed by atoms with Crippen LogP contribution in [0.2, 0.25) is 5.02 Å². The summed E-state index contributed by atoms with van der Waals surface area (Å²) in [6.45, 7) is 0.433. The maximum Gasteiger partial charge on any atom is 0.265 e. The molecule has 0 atom stereocenters. The van der Waals surface area contributed by atoms with Gasteiger partial charge in [-0.3, -0.25) is 9.10 Å². The van der Waals surface area contributed by atoms with Crippen molar-refractivity contribution in [3.63, 3.8) is 0 Å². The first-order valence-corrected chi connectivity index (χ1v) is 9.99. The molecule has 1 aromatic heterocycles. The smallest absolute Gasteiger partial charge is 0.265 e. The Bertz CT molecular complexity index is 819. The van der Waals surface area contributed by atoms with Crippen LogP contribution in [-0.2, 0) is 10.0 Å². The molecule has 5 nitrogen and oxygen atoms in total. The Morgan fingerprint density at radius 3 is 2.74 bits per heavy atom. The standard InChI is InChI=1S/C15H15ClN2O3S2/c16-12-10-11(17-15(19)14-4-3-8-22-14)5-6-13(12)18-7-1-2-9-23(18,20)21/h3-6,8,10H,1-2,7,9H2,(H,17,19). The number of nitrogens with one attached hydrogen (secondary N) is 1. The van der Waals surface area contributed by atoms with Gasteiger partial charge in [0, 0.05) is 12.2 Å². The first-order chi connectivity index (χ1) is 11.0. The van der Waals surface area contributed by atoms with Crippen LogP contribution in [0, 0.1) is 0 Å². The van der Waals surface area contributed by atoms with Crippen LogP contribution in [-0.4, -0.2) is 26.6 Å². The van der Waals surface area contributed by atoms with Crippen molar-refractivity contribution in [3.05, 3.63) is 45.6 Å². The molecule has 122 valence electrons. The fourth-order valence-corrected chi connectivity index (χ4v) is 5.05. The van der Waals surface area contributed by atoms with Crippen LogP contribution >= 0.6 is 22.9 Å². The van der Waals surface area contributed by atoms with Crippen molar-refractivity contribution in [3.8, 4) is 0 Å². The van der Waals surface area contributed by atoms with Gasteiger partial charge in [0.1, 0.15) is 0 Å². The lowest BCUT2D eigenvalue weighted by Crippen LogP contribution is -2.38. The average molecular weight is 371 g/mol. The Morgan fingerprint density at radius 1 is 1.26 bits per heavy atom. The van der Waals surface area contributed by atoms with Crippen molar-refractivity contribution in [2.75, 3.05) is 21.9 Å². The second kappa shape index (κ2) is 6.51. The zero-order chi connectivity index (χ0) is 16.4. The number of benzene rings is 1. The summed E-state index contributed by atoms with van der Waals surface area (Å²) in [7, 11) is -3.31. The summed E-state index contributed by atoms with van der Waals surface area (Å²) in [5.74, 6) is -0.0744. The molecule has 0 saturated carbocycles. The summed E-state index contributed by atoms with van der Waals surface area (Å²) < 4.78 is 25.7. The second-order valence-corrected chi connectivity index (χ2v) is 8.56. The number of rotatable bonds is 3. The molecule has 2 aromatic rings. The van der Waals surface area contributed by atoms with Gasteiger partial charge in [-0.25, -0.2) is 8.42 Å². The van der Waals surface area contributed by atoms with Crippen molar-refractivity contribution in [1.29, 1.82) is 0 Å². The maximum absolute atomic E-state index is 12.2. The molecule has 0 aliphatic carbocycles. The van der Waals surface area contributed by atoms with E-state index in [1.54, 1.807) is 30.3 Å². The molecule has 3 rings (SSSR count). The van der Waals surface area contributed by atoms with E-state index in [0.717, 1.165) is 6.42 Å². The van der Waals surface area contributed by atoms with Crippen LogP contribution in [0.15, 0.2) is 35.7 Å². The van der Waals surface area contributed by atoms with E-state index in [4.69, 9.17) is 11.6 Å². The van der Waals surface area contributed by atoms with E-state index in [2.05, 4.69) is 5.32 Å². The predicted molar refractivity (Wildman–Crippen MR) is 94.1 cm³/mol. The monoisotopic (exact) mass is 370 g/mol. The molecule has 2 heterocycles. The highest BCUT2D eigenvalue weighted by Gasteiger charge is 2.27. The Balaban J connectivity index is 1.82. The molecule has 0 radical (unpaired) electrons. The SMILES string of the molecule is O=C(Nc1ccc(N2CCCCS2(=O)=O)c(Cl)c1)c1cccs1. The van der Waals surface area contributed by atoms with Gasteiger partial charge < -0.3 is 5.32 Å². The van der Waals surface area contributed by atoms with Crippen molar-refractivity contribution < 1.29 is 13.2 Å². The lowest BCUT2D eigenvalue weighted by molar-refractivity contribution is 0.103. The largest absolute Gasteiger partial charge is 0.321 e. The molecule has 1 saturated heterocycles. The molecular weight excluding hydrogens is 356 g/mol. The number of thiophene rings is 1. The number of carbonyl (C=O) groups excluding carboxylic acids is 1. The normalized spacial score (nSPS) is 17.0. The van der Waals surface area contributed by atoms with E-state index in [9.17, 15) is 13.2 Å². The molecular formula is C15H15ClN2O3S2. The lowest BCUT2D eigenvalue weighted by atomic mass is 10.2. The van der Waals surface area contributed by atoms with Gasteiger partial charge in [0.15, 0.2) is 0 Å². The van der Waals surface area contributed by atoms with Gasteiger partial charge in [-0.2, -0.15) is 0 Å². The quantitative estimate of drug-likeness (QED) is 0.897. The minimum absolute atomic E-state index is 0.139. The molecule has 1 aromatic carbocycles.